The lowest BCUT2D eigenvalue weighted by atomic mass is 10.2. The minimum absolute atomic E-state index is 0.140. The van der Waals surface area contributed by atoms with Crippen LogP contribution in [0.3, 0.4) is 0 Å². The number of aromatic nitrogens is 1. The van der Waals surface area contributed by atoms with Crippen molar-refractivity contribution in [1.82, 2.24) is 10.3 Å². The third-order valence-electron chi connectivity index (χ3n) is 4.08. The van der Waals surface area contributed by atoms with Gasteiger partial charge in [0.05, 0.1) is 31.2 Å². The summed E-state index contributed by atoms with van der Waals surface area (Å²) in [7, 11) is 0. The Balaban J connectivity index is 1.85. The standard InChI is InChI=1S/C18H23N3O6/c1-2-24-8-9-25-15-10-14(11-20-12-15)21-7-3-6-19-13-18(21)26-16(22)4-5-17(23)27-18/h4-5,10-12,19H,2-3,6-9,13H2,1H3. The number of nitrogens with one attached hydrogen (secondary N) is 1. The van der Waals surface area contributed by atoms with Crippen molar-refractivity contribution in [3.05, 3.63) is 30.6 Å². The first kappa shape index (κ1) is 19.1. The molecule has 3 heterocycles. The third kappa shape index (κ3) is 4.75. The number of ether oxygens (including phenoxy) is 4. The zero-order valence-corrected chi connectivity index (χ0v) is 15.2. The third-order valence-corrected chi connectivity index (χ3v) is 4.08. The molecule has 1 saturated heterocycles. The molecule has 1 fully saturated rings. The number of carbonyl (C=O) groups excluding carboxylic acids is 2. The van der Waals surface area contributed by atoms with Crippen molar-refractivity contribution in [1.29, 1.82) is 0 Å². The lowest BCUT2D eigenvalue weighted by Gasteiger charge is -2.40. The summed E-state index contributed by atoms with van der Waals surface area (Å²) in [5, 5.41) is 3.15. The summed E-state index contributed by atoms with van der Waals surface area (Å²) < 4.78 is 21.9. The molecular weight excluding hydrogens is 354 g/mol. The minimum atomic E-state index is -1.58. The number of carbonyl (C=O) groups is 2. The van der Waals surface area contributed by atoms with Gasteiger partial charge in [-0.3, -0.25) is 9.88 Å². The van der Waals surface area contributed by atoms with Gasteiger partial charge in [-0.2, -0.15) is 0 Å². The van der Waals surface area contributed by atoms with Gasteiger partial charge in [0, 0.05) is 31.4 Å². The van der Waals surface area contributed by atoms with Crippen LogP contribution in [0.25, 0.3) is 0 Å². The number of hydrogen-bond donors (Lipinski definition) is 1. The average Bonchev–Trinajstić information content (AvgIpc) is 2.94. The van der Waals surface area contributed by atoms with Crippen molar-refractivity contribution in [2.75, 3.05) is 44.4 Å². The van der Waals surface area contributed by atoms with E-state index in [1.807, 2.05) is 6.92 Å². The van der Waals surface area contributed by atoms with E-state index in [4.69, 9.17) is 18.9 Å². The Morgan fingerprint density at radius 2 is 2.00 bits per heavy atom. The molecule has 1 aromatic rings. The molecule has 1 aromatic heterocycles. The number of esters is 2. The molecule has 2 aliphatic heterocycles. The molecule has 0 saturated carbocycles. The molecule has 0 bridgehead atoms. The first-order chi connectivity index (χ1) is 13.1. The predicted octanol–water partition coefficient (Wildman–Crippen LogP) is 0.607. The summed E-state index contributed by atoms with van der Waals surface area (Å²) in [5.74, 6) is -2.33. The number of rotatable bonds is 6. The second-order valence-corrected chi connectivity index (χ2v) is 5.99. The summed E-state index contributed by atoms with van der Waals surface area (Å²) in [4.78, 5) is 29.9. The molecule has 0 aromatic carbocycles. The lowest BCUT2D eigenvalue weighted by Crippen LogP contribution is -2.58. The van der Waals surface area contributed by atoms with Crippen LogP contribution < -0.4 is 15.0 Å². The molecule has 1 N–H and O–H groups in total. The summed E-state index contributed by atoms with van der Waals surface area (Å²) in [6.45, 7) is 4.73. The predicted molar refractivity (Wildman–Crippen MR) is 95.1 cm³/mol. The van der Waals surface area contributed by atoms with Gasteiger partial charge in [0.25, 0.3) is 0 Å². The first-order valence-corrected chi connectivity index (χ1v) is 8.91. The fourth-order valence-corrected chi connectivity index (χ4v) is 2.92. The molecule has 9 heteroatoms. The fraction of sp³-hybridized carbons (Fsp3) is 0.500. The van der Waals surface area contributed by atoms with Crippen LogP contribution >= 0.6 is 0 Å². The summed E-state index contributed by atoms with van der Waals surface area (Å²) >= 11 is 0. The van der Waals surface area contributed by atoms with Crippen molar-refractivity contribution < 1.29 is 28.5 Å². The Labute approximate surface area is 157 Å². The zero-order valence-electron chi connectivity index (χ0n) is 15.2. The van der Waals surface area contributed by atoms with Gasteiger partial charge in [-0.25, -0.2) is 9.59 Å². The van der Waals surface area contributed by atoms with Crippen LogP contribution in [0.15, 0.2) is 30.6 Å². The Hall–Kier alpha value is -2.65. The minimum Gasteiger partial charge on any atom is -0.489 e. The summed E-state index contributed by atoms with van der Waals surface area (Å²) in [6, 6.07) is 1.77. The van der Waals surface area contributed by atoms with Gasteiger partial charge >= 0.3 is 17.8 Å². The van der Waals surface area contributed by atoms with E-state index in [0.717, 1.165) is 18.6 Å². The molecule has 9 nitrogen and oxygen atoms in total. The van der Waals surface area contributed by atoms with E-state index in [0.29, 0.717) is 44.3 Å². The van der Waals surface area contributed by atoms with Crippen molar-refractivity contribution >= 4 is 17.6 Å². The number of hydrogen-bond acceptors (Lipinski definition) is 9. The van der Waals surface area contributed by atoms with Crippen LogP contribution in [0.4, 0.5) is 5.69 Å². The molecule has 0 radical (unpaired) electrons. The van der Waals surface area contributed by atoms with Gasteiger partial charge in [-0.1, -0.05) is 0 Å². The van der Waals surface area contributed by atoms with E-state index in [1.54, 1.807) is 23.4 Å². The molecule has 0 atom stereocenters. The zero-order chi connectivity index (χ0) is 19.1. The van der Waals surface area contributed by atoms with E-state index in [9.17, 15) is 9.59 Å². The maximum Gasteiger partial charge on any atom is 0.356 e. The highest BCUT2D eigenvalue weighted by atomic mass is 16.8. The Morgan fingerprint density at radius 3 is 2.74 bits per heavy atom. The Bertz CT molecular complexity index is 688. The van der Waals surface area contributed by atoms with Crippen LogP contribution in [0.1, 0.15) is 13.3 Å². The van der Waals surface area contributed by atoms with Crippen LogP contribution in [-0.2, 0) is 23.8 Å². The maximum absolute atomic E-state index is 12.0. The van der Waals surface area contributed by atoms with E-state index in [1.165, 1.54) is 0 Å². The normalized spacial score (nSPS) is 19.2. The van der Waals surface area contributed by atoms with Crippen LogP contribution in [-0.4, -0.2) is 62.3 Å². The van der Waals surface area contributed by atoms with Crippen molar-refractivity contribution in [2.45, 2.75) is 19.3 Å². The average molecular weight is 377 g/mol. The number of pyridine rings is 1. The largest absolute Gasteiger partial charge is 0.489 e. The molecule has 1 spiro atoms. The molecule has 27 heavy (non-hydrogen) atoms. The van der Waals surface area contributed by atoms with Crippen molar-refractivity contribution in [2.24, 2.45) is 0 Å². The topological polar surface area (TPSA) is 99.2 Å². The van der Waals surface area contributed by atoms with Gasteiger partial charge < -0.3 is 24.3 Å². The SMILES string of the molecule is CCOCCOc1cncc(N2CCCNCC23OC(=O)C=CC(=O)O3)c1. The Kier molecular flexibility index (Phi) is 6.25. The van der Waals surface area contributed by atoms with E-state index in [2.05, 4.69) is 10.3 Å². The van der Waals surface area contributed by atoms with E-state index >= 15 is 0 Å². The quantitative estimate of drug-likeness (QED) is 0.564. The molecule has 146 valence electrons. The summed E-state index contributed by atoms with van der Waals surface area (Å²) in [5.41, 5.74) is 0.620. The van der Waals surface area contributed by atoms with E-state index in [-0.39, 0.29) is 6.54 Å². The first-order valence-electron chi connectivity index (χ1n) is 8.91. The van der Waals surface area contributed by atoms with Crippen molar-refractivity contribution in [3.63, 3.8) is 0 Å². The highest BCUT2D eigenvalue weighted by molar-refractivity contribution is 5.93. The number of nitrogens with zero attached hydrogens (tertiary/aromatic N) is 2. The van der Waals surface area contributed by atoms with Gasteiger partial charge in [0.1, 0.15) is 12.4 Å². The second kappa shape index (κ2) is 8.83. The van der Waals surface area contributed by atoms with Gasteiger partial charge in [-0.05, 0) is 19.9 Å². The lowest BCUT2D eigenvalue weighted by molar-refractivity contribution is -0.217. The van der Waals surface area contributed by atoms with Gasteiger partial charge in [-0.15, -0.1) is 0 Å². The van der Waals surface area contributed by atoms with Crippen LogP contribution in [0.2, 0.25) is 0 Å². The monoisotopic (exact) mass is 377 g/mol. The van der Waals surface area contributed by atoms with Crippen molar-refractivity contribution in [3.8, 4) is 5.75 Å². The maximum atomic E-state index is 12.0. The molecule has 0 unspecified atom stereocenters. The summed E-state index contributed by atoms with van der Waals surface area (Å²) in [6.07, 6.45) is 6.09. The number of anilines is 1. The van der Waals surface area contributed by atoms with Gasteiger partial charge in [0.15, 0.2) is 0 Å². The molecule has 0 aliphatic carbocycles. The highest BCUT2D eigenvalue weighted by Gasteiger charge is 2.47. The van der Waals surface area contributed by atoms with Crippen LogP contribution in [0, 0.1) is 0 Å². The highest BCUT2D eigenvalue weighted by Crippen LogP contribution is 2.31. The fourth-order valence-electron chi connectivity index (χ4n) is 2.92. The molecule has 0 amide bonds. The van der Waals surface area contributed by atoms with Gasteiger partial charge in [0.2, 0.25) is 0 Å². The molecule has 2 aliphatic rings. The Morgan fingerprint density at radius 1 is 1.22 bits per heavy atom. The smallest absolute Gasteiger partial charge is 0.356 e. The van der Waals surface area contributed by atoms with E-state index < -0.39 is 17.8 Å². The molecule has 3 rings (SSSR count). The second-order valence-electron chi connectivity index (χ2n) is 5.99. The van der Waals surface area contributed by atoms with Crippen LogP contribution in [0.5, 0.6) is 5.75 Å². The molecular formula is C18H23N3O6.